The molecule has 134 valence electrons. The third-order valence-electron chi connectivity index (χ3n) is 4.06. The molecule has 1 aliphatic carbocycles. The molecule has 1 amide bonds. The van der Waals surface area contributed by atoms with Crippen LogP contribution in [0.5, 0.6) is 0 Å². The summed E-state index contributed by atoms with van der Waals surface area (Å²) in [6, 6.07) is 4.45. The number of methoxy groups -OCH3 is 1. The van der Waals surface area contributed by atoms with Crippen LogP contribution in [0.2, 0.25) is 0 Å². The van der Waals surface area contributed by atoms with Gasteiger partial charge in [-0.3, -0.25) is 15.7 Å². The molecule has 0 bridgehead atoms. The number of nitrogens with zero attached hydrogens (tertiary/aromatic N) is 1. The fraction of sp³-hybridized carbons (Fsp3) is 0.533. The van der Waals surface area contributed by atoms with Crippen LogP contribution >= 0.6 is 0 Å². The number of hydrogen-bond donors (Lipinski definition) is 4. The van der Waals surface area contributed by atoms with Crippen molar-refractivity contribution in [3.05, 3.63) is 18.2 Å². The minimum absolute atomic E-state index is 0.0186. The quantitative estimate of drug-likeness (QED) is 0.608. The first-order valence-electron chi connectivity index (χ1n) is 7.59. The Bertz CT molecular complexity index is 574. The minimum Gasteiger partial charge on any atom is -0.453 e. The Morgan fingerprint density at radius 1 is 1.38 bits per heavy atom. The highest BCUT2D eigenvalue weighted by molar-refractivity contribution is 5.86. The highest BCUT2D eigenvalue weighted by Crippen LogP contribution is 2.36. The molecule has 0 spiro atoms. The molecule has 2 rings (SSSR count). The van der Waals surface area contributed by atoms with Gasteiger partial charge in [0.25, 0.3) is 0 Å². The molecule has 0 radical (unpaired) electrons. The second kappa shape index (κ2) is 7.63. The monoisotopic (exact) mass is 345 g/mol. The van der Waals surface area contributed by atoms with Crippen molar-refractivity contribution in [2.24, 2.45) is 5.92 Å². The second-order valence-corrected chi connectivity index (χ2v) is 5.82. The average Bonchev–Trinajstić information content (AvgIpc) is 2.54. The molecule has 1 aromatic carbocycles. The molecule has 0 aliphatic heterocycles. The molecule has 1 aliphatic rings. The van der Waals surface area contributed by atoms with E-state index in [0.717, 1.165) is 0 Å². The van der Waals surface area contributed by atoms with E-state index in [9.17, 15) is 24.0 Å². The number of hydrogen-bond acceptors (Lipinski definition) is 6. The van der Waals surface area contributed by atoms with E-state index in [0.29, 0.717) is 30.8 Å². The number of alkyl halides is 2. The van der Waals surface area contributed by atoms with Gasteiger partial charge in [0.2, 0.25) is 5.92 Å². The normalized spacial score (nSPS) is 17.2. The van der Waals surface area contributed by atoms with Crippen LogP contribution in [0, 0.1) is 5.92 Å². The van der Waals surface area contributed by atoms with Crippen molar-refractivity contribution in [3.8, 4) is 0 Å². The van der Waals surface area contributed by atoms with E-state index in [1.807, 2.05) is 0 Å². The molecule has 1 saturated carbocycles. The van der Waals surface area contributed by atoms with Crippen LogP contribution in [0.1, 0.15) is 25.7 Å². The predicted molar refractivity (Wildman–Crippen MR) is 83.9 cm³/mol. The number of benzene rings is 1. The van der Waals surface area contributed by atoms with Crippen LogP contribution < -0.4 is 15.9 Å². The summed E-state index contributed by atoms with van der Waals surface area (Å²) in [6.45, 7) is 0.445. The minimum atomic E-state index is -2.57. The fourth-order valence-electron chi connectivity index (χ4n) is 2.65. The SMILES string of the molecule is COC(=O)Nc1ccc(NCC2CCC(F)(F)CC2)c(N(O)O)c1. The van der Waals surface area contributed by atoms with Crippen LogP contribution in [-0.4, -0.2) is 36.1 Å². The van der Waals surface area contributed by atoms with Gasteiger partial charge in [0.1, 0.15) is 5.69 Å². The largest absolute Gasteiger partial charge is 0.453 e. The summed E-state index contributed by atoms with van der Waals surface area (Å²) in [4.78, 5) is 11.2. The maximum Gasteiger partial charge on any atom is 0.411 e. The van der Waals surface area contributed by atoms with E-state index in [-0.39, 0.29) is 29.7 Å². The summed E-state index contributed by atoms with van der Waals surface area (Å²) in [5.74, 6) is -2.48. The van der Waals surface area contributed by atoms with Gasteiger partial charge in [-0.1, -0.05) is 0 Å². The lowest BCUT2D eigenvalue weighted by molar-refractivity contribution is -0.0443. The zero-order valence-electron chi connectivity index (χ0n) is 13.3. The van der Waals surface area contributed by atoms with Crippen molar-refractivity contribution in [3.63, 3.8) is 0 Å². The van der Waals surface area contributed by atoms with Crippen molar-refractivity contribution < 1.29 is 28.7 Å². The van der Waals surface area contributed by atoms with Crippen molar-refractivity contribution in [2.45, 2.75) is 31.6 Å². The molecule has 0 heterocycles. The molecular weight excluding hydrogens is 324 g/mol. The lowest BCUT2D eigenvalue weighted by Crippen LogP contribution is -2.28. The number of rotatable bonds is 5. The van der Waals surface area contributed by atoms with Gasteiger partial charge >= 0.3 is 6.09 Å². The molecule has 1 fully saturated rings. The molecule has 1 aromatic rings. The zero-order chi connectivity index (χ0) is 17.7. The maximum absolute atomic E-state index is 13.2. The number of halogens is 2. The van der Waals surface area contributed by atoms with Gasteiger partial charge in [0.05, 0.1) is 12.8 Å². The van der Waals surface area contributed by atoms with E-state index < -0.39 is 12.0 Å². The summed E-state index contributed by atoms with van der Waals surface area (Å²) in [5.41, 5.74) is 0.741. The molecule has 0 atom stereocenters. The van der Waals surface area contributed by atoms with E-state index in [1.165, 1.54) is 13.2 Å². The van der Waals surface area contributed by atoms with Crippen molar-refractivity contribution in [2.75, 3.05) is 29.5 Å². The van der Waals surface area contributed by atoms with Gasteiger partial charge in [-0.05, 0) is 37.0 Å². The third kappa shape index (κ3) is 4.93. The Labute approximate surface area is 138 Å². The lowest BCUT2D eigenvalue weighted by atomic mass is 9.87. The Morgan fingerprint density at radius 3 is 2.62 bits per heavy atom. The second-order valence-electron chi connectivity index (χ2n) is 5.82. The van der Waals surface area contributed by atoms with Crippen LogP contribution in [-0.2, 0) is 4.74 Å². The van der Waals surface area contributed by atoms with Gasteiger partial charge in [0, 0.05) is 25.1 Å². The van der Waals surface area contributed by atoms with Gasteiger partial charge in [-0.2, -0.15) is 0 Å². The molecule has 4 N–H and O–H groups in total. The molecular formula is C15H21F2N3O4. The molecule has 7 nitrogen and oxygen atoms in total. The van der Waals surface area contributed by atoms with Crippen LogP contribution in [0.3, 0.4) is 0 Å². The van der Waals surface area contributed by atoms with Crippen molar-refractivity contribution >= 4 is 23.2 Å². The Hall–Kier alpha value is -2.13. The average molecular weight is 345 g/mol. The lowest BCUT2D eigenvalue weighted by Gasteiger charge is -2.29. The van der Waals surface area contributed by atoms with E-state index >= 15 is 0 Å². The Morgan fingerprint density at radius 2 is 2.04 bits per heavy atom. The van der Waals surface area contributed by atoms with Crippen molar-refractivity contribution in [1.29, 1.82) is 0 Å². The molecule has 0 saturated heterocycles. The first-order chi connectivity index (χ1) is 11.3. The van der Waals surface area contributed by atoms with Gasteiger partial charge in [-0.25, -0.2) is 13.6 Å². The maximum atomic E-state index is 13.2. The number of ether oxygens (including phenoxy) is 1. The Kier molecular flexibility index (Phi) is 5.79. The molecule has 0 aromatic heterocycles. The van der Waals surface area contributed by atoms with E-state index in [2.05, 4.69) is 15.4 Å². The van der Waals surface area contributed by atoms with E-state index in [1.54, 1.807) is 12.1 Å². The topological polar surface area (TPSA) is 94.1 Å². The number of carbonyl (C=O) groups excluding carboxylic acids is 1. The van der Waals surface area contributed by atoms with Gasteiger partial charge in [0.15, 0.2) is 0 Å². The predicted octanol–water partition coefficient (Wildman–Crippen LogP) is 3.69. The molecule has 24 heavy (non-hydrogen) atoms. The number of amides is 1. The fourth-order valence-corrected chi connectivity index (χ4v) is 2.65. The molecule has 0 unspecified atom stereocenters. The summed E-state index contributed by atoms with van der Waals surface area (Å²) in [6.07, 6.45) is -0.105. The summed E-state index contributed by atoms with van der Waals surface area (Å²) >= 11 is 0. The van der Waals surface area contributed by atoms with Crippen molar-refractivity contribution in [1.82, 2.24) is 0 Å². The number of carbonyl (C=O) groups is 1. The standard InChI is InChI=1S/C15H21F2N3O4/c1-24-14(21)19-11-2-3-12(13(8-11)20(22)23)18-9-10-4-6-15(16,17)7-5-10/h2-3,8,10,18,22-23H,4-7,9H2,1H3,(H,19,21). The number of anilines is 3. The van der Waals surface area contributed by atoms with Gasteiger partial charge < -0.3 is 10.1 Å². The first kappa shape index (κ1) is 18.2. The zero-order valence-corrected chi connectivity index (χ0v) is 13.3. The highest BCUT2D eigenvalue weighted by Gasteiger charge is 2.34. The smallest absolute Gasteiger partial charge is 0.411 e. The summed E-state index contributed by atoms with van der Waals surface area (Å²) in [7, 11) is 1.21. The van der Waals surface area contributed by atoms with Crippen LogP contribution in [0.4, 0.5) is 30.6 Å². The van der Waals surface area contributed by atoms with E-state index in [4.69, 9.17) is 0 Å². The summed E-state index contributed by atoms with van der Waals surface area (Å²) in [5, 5.41) is 24.0. The number of nitrogens with one attached hydrogen (secondary N) is 2. The van der Waals surface area contributed by atoms with Gasteiger partial charge in [-0.15, -0.1) is 5.23 Å². The third-order valence-corrected chi connectivity index (χ3v) is 4.06. The molecule has 9 heteroatoms. The highest BCUT2D eigenvalue weighted by atomic mass is 19.3. The Balaban J connectivity index is 2.00. The van der Waals surface area contributed by atoms with Crippen LogP contribution in [0.25, 0.3) is 0 Å². The van der Waals surface area contributed by atoms with Crippen LogP contribution in [0.15, 0.2) is 18.2 Å². The first-order valence-corrected chi connectivity index (χ1v) is 7.59. The summed E-state index contributed by atoms with van der Waals surface area (Å²) < 4.78 is 30.8.